The lowest BCUT2D eigenvalue weighted by molar-refractivity contribution is 0.207. The number of likely N-dealkylation sites (tertiary alicyclic amines) is 1. The van der Waals surface area contributed by atoms with Crippen molar-refractivity contribution in [2.75, 3.05) is 26.7 Å². The van der Waals surface area contributed by atoms with Crippen LogP contribution in [-0.4, -0.2) is 54.6 Å². The van der Waals surface area contributed by atoms with E-state index < -0.39 is 0 Å². The molecule has 170 valence electrons. The van der Waals surface area contributed by atoms with E-state index in [1.807, 2.05) is 6.21 Å². The molecule has 6 nitrogen and oxygen atoms in total. The summed E-state index contributed by atoms with van der Waals surface area (Å²) in [5.74, 6) is 1.26. The molecule has 1 heterocycles. The Hall–Kier alpha value is -1.79. The van der Waals surface area contributed by atoms with Crippen molar-refractivity contribution in [2.45, 2.75) is 72.1 Å². The maximum Gasteiger partial charge on any atom is 0.220 e. The molecule has 0 amide bonds. The smallest absolute Gasteiger partial charge is 0.220 e. The van der Waals surface area contributed by atoms with Gasteiger partial charge in [0.2, 0.25) is 5.96 Å². The molecule has 1 fully saturated rings. The minimum absolute atomic E-state index is 0.307. The second-order valence-corrected chi connectivity index (χ2v) is 8.50. The number of nitrogens with one attached hydrogen (secondary N) is 1. The average molecular weight is 418 g/mol. The number of aliphatic imine (C=N–C) groups is 2. The minimum Gasteiger partial charge on any atom is -0.400 e. The number of rotatable bonds is 9. The summed E-state index contributed by atoms with van der Waals surface area (Å²) in [5, 5.41) is 15.4. The van der Waals surface area contributed by atoms with E-state index in [0.29, 0.717) is 23.5 Å². The molecular weight excluding hydrogens is 374 g/mol. The first-order chi connectivity index (χ1) is 14.5. The van der Waals surface area contributed by atoms with Gasteiger partial charge in [0, 0.05) is 24.6 Å². The largest absolute Gasteiger partial charge is 0.400 e. The number of piperidine rings is 1. The molecule has 4 N–H and O–H groups in total. The van der Waals surface area contributed by atoms with Gasteiger partial charge in [0.1, 0.15) is 0 Å². The third-order valence-electron chi connectivity index (χ3n) is 5.43. The standard InChI is InChI=1S/C23H39N5.CH4O/c1-4-5-8-13-28-14-11-19(12-15-28)17-26-23(25)27-22-10-7-6-9-20(22)21(24)16-18(2)3;1-2/h9-10,17-19,24H,4-8,11-16H2,1-3H3,(H2,25,27);2H,1H3/b24-21?,26-17+;. The fourth-order valence-corrected chi connectivity index (χ4v) is 3.81. The summed E-state index contributed by atoms with van der Waals surface area (Å²) in [6.07, 6.45) is 15.1. The van der Waals surface area contributed by atoms with Crippen LogP contribution in [0.25, 0.3) is 0 Å². The molecule has 30 heavy (non-hydrogen) atoms. The van der Waals surface area contributed by atoms with Crippen molar-refractivity contribution in [3.63, 3.8) is 0 Å². The highest BCUT2D eigenvalue weighted by Crippen LogP contribution is 2.23. The van der Waals surface area contributed by atoms with Crippen LogP contribution in [0.5, 0.6) is 0 Å². The van der Waals surface area contributed by atoms with Crippen molar-refractivity contribution in [1.82, 2.24) is 4.90 Å². The summed E-state index contributed by atoms with van der Waals surface area (Å²) >= 11 is 0. The molecule has 6 heteroatoms. The molecule has 2 aliphatic rings. The Labute approximate surface area is 183 Å². The van der Waals surface area contributed by atoms with Crippen LogP contribution in [0, 0.1) is 17.2 Å². The molecule has 1 aliphatic carbocycles. The Morgan fingerprint density at radius 2 is 1.90 bits per heavy atom. The monoisotopic (exact) mass is 417 g/mol. The molecule has 0 aromatic rings. The summed E-state index contributed by atoms with van der Waals surface area (Å²) in [6.45, 7) is 10.1. The Balaban J connectivity index is 0.00000218. The van der Waals surface area contributed by atoms with Crippen LogP contribution < -0.4 is 5.73 Å². The van der Waals surface area contributed by atoms with Gasteiger partial charge in [-0.05, 0) is 70.0 Å². The molecule has 0 unspecified atom stereocenters. The quantitative estimate of drug-likeness (QED) is 0.291. The zero-order valence-electron chi connectivity index (χ0n) is 19.5. The first-order valence-electron chi connectivity index (χ1n) is 11.5. The lowest BCUT2D eigenvalue weighted by atomic mass is 9.94. The van der Waals surface area contributed by atoms with E-state index in [4.69, 9.17) is 16.2 Å². The van der Waals surface area contributed by atoms with Crippen molar-refractivity contribution in [3.05, 3.63) is 23.4 Å². The number of hydrogen-bond donors (Lipinski definition) is 3. The van der Waals surface area contributed by atoms with Gasteiger partial charge in [-0.15, -0.1) is 0 Å². The molecule has 0 radical (unpaired) electrons. The van der Waals surface area contributed by atoms with E-state index in [2.05, 4.69) is 47.8 Å². The van der Waals surface area contributed by atoms with Crippen LogP contribution in [0.3, 0.4) is 0 Å². The highest BCUT2D eigenvalue weighted by molar-refractivity contribution is 6.02. The second kappa shape index (κ2) is 15.1. The molecule has 0 atom stereocenters. The fraction of sp³-hybridized carbons (Fsp3) is 0.708. The first-order valence-corrected chi connectivity index (χ1v) is 11.5. The third kappa shape index (κ3) is 9.81. The van der Waals surface area contributed by atoms with E-state index >= 15 is 0 Å². The van der Waals surface area contributed by atoms with Crippen LogP contribution in [-0.2, 0) is 0 Å². The van der Waals surface area contributed by atoms with Crippen molar-refractivity contribution in [3.8, 4) is 0 Å². The third-order valence-corrected chi connectivity index (χ3v) is 5.43. The number of nitrogens with zero attached hydrogens (tertiary/aromatic N) is 3. The maximum absolute atomic E-state index is 8.37. The molecule has 0 spiro atoms. The van der Waals surface area contributed by atoms with Crippen LogP contribution >= 0.6 is 0 Å². The molecule has 1 saturated heterocycles. The highest BCUT2D eigenvalue weighted by Gasteiger charge is 2.18. The number of nitrogens with two attached hydrogens (primary N) is 1. The van der Waals surface area contributed by atoms with Crippen molar-refractivity contribution < 1.29 is 5.11 Å². The Bertz CT molecular complexity index is 626. The van der Waals surface area contributed by atoms with Crippen LogP contribution in [0.15, 0.2) is 33.4 Å². The van der Waals surface area contributed by atoms with Gasteiger partial charge < -0.3 is 21.1 Å². The number of allylic oxidation sites excluding steroid dienone is 3. The maximum atomic E-state index is 8.37. The lowest BCUT2D eigenvalue weighted by Crippen LogP contribution is -2.35. The summed E-state index contributed by atoms with van der Waals surface area (Å²) < 4.78 is 0. The Morgan fingerprint density at radius 1 is 1.23 bits per heavy atom. The minimum atomic E-state index is 0.307. The van der Waals surface area contributed by atoms with Crippen LogP contribution in [0.4, 0.5) is 0 Å². The normalized spacial score (nSPS) is 18.8. The van der Waals surface area contributed by atoms with Crippen molar-refractivity contribution in [2.24, 2.45) is 27.6 Å². The van der Waals surface area contributed by atoms with Gasteiger partial charge in [-0.1, -0.05) is 45.8 Å². The van der Waals surface area contributed by atoms with Gasteiger partial charge in [-0.25, -0.2) is 9.98 Å². The molecule has 0 bridgehead atoms. The molecule has 0 aromatic carbocycles. The average Bonchev–Trinajstić information content (AvgIpc) is 2.74. The summed E-state index contributed by atoms with van der Waals surface area (Å²) in [7, 11) is 1.00. The predicted octanol–water partition coefficient (Wildman–Crippen LogP) is 4.55. The zero-order valence-corrected chi connectivity index (χ0v) is 19.5. The van der Waals surface area contributed by atoms with Gasteiger partial charge in [0.15, 0.2) is 0 Å². The second-order valence-electron chi connectivity index (χ2n) is 8.50. The molecular formula is C24H43N5O. The van der Waals surface area contributed by atoms with E-state index in [1.54, 1.807) is 0 Å². The van der Waals surface area contributed by atoms with Gasteiger partial charge in [-0.2, -0.15) is 0 Å². The SMILES string of the molecule is CCCCCN1CCC(/C=N/C(N)=NC2=CCCC=C2C(=N)CC(C)C)CC1.CO. The van der Waals surface area contributed by atoms with E-state index in [1.165, 1.54) is 25.8 Å². The van der Waals surface area contributed by atoms with Gasteiger partial charge in [-0.3, -0.25) is 0 Å². The van der Waals surface area contributed by atoms with Crippen molar-refractivity contribution in [1.29, 1.82) is 5.41 Å². The summed E-state index contributed by atoms with van der Waals surface area (Å²) in [6, 6.07) is 0. The van der Waals surface area contributed by atoms with Gasteiger partial charge >= 0.3 is 0 Å². The van der Waals surface area contributed by atoms with Crippen LogP contribution in [0.1, 0.15) is 72.1 Å². The van der Waals surface area contributed by atoms with Crippen molar-refractivity contribution >= 4 is 17.9 Å². The zero-order chi connectivity index (χ0) is 22.4. The number of hydrogen-bond acceptors (Lipinski definition) is 4. The summed E-state index contributed by atoms with van der Waals surface area (Å²) in [5.41, 5.74) is 8.49. The fourth-order valence-electron chi connectivity index (χ4n) is 3.81. The Morgan fingerprint density at radius 3 is 2.53 bits per heavy atom. The predicted molar refractivity (Wildman–Crippen MR) is 130 cm³/mol. The van der Waals surface area contributed by atoms with Gasteiger partial charge in [0.05, 0.1) is 5.70 Å². The highest BCUT2D eigenvalue weighted by atomic mass is 16.2. The first kappa shape index (κ1) is 26.2. The number of aliphatic hydroxyl groups excluding tert-OH is 1. The number of guanidine groups is 1. The molecule has 2 rings (SSSR count). The summed E-state index contributed by atoms with van der Waals surface area (Å²) in [4.78, 5) is 11.5. The van der Waals surface area contributed by atoms with E-state index in [9.17, 15) is 0 Å². The number of aliphatic hydroxyl groups is 1. The molecule has 0 aromatic heterocycles. The molecule has 0 saturated carbocycles. The Kier molecular flexibility index (Phi) is 13.2. The van der Waals surface area contributed by atoms with E-state index in [0.717, 1.165) is 63.6 Å². The lowest BCUT2D eigenvalue weighted by Gasteiger charge is -2.30. The van der Waals surface area contributed by atoms with E-state index in [-0.39, 0.29) is 0 Å². The van der Waals surface area contributed by atoms with Gasteiger partial charge in [0.25, 0.3) is 0 Å². The topological polar surface area (TPSA) is 98.1 Å². The molecule has 1 aliphatic heterocycles. The van der Waals surface area contributed by atoms with Crippen LogP contribution in [0.2, 0.25) is 0 Å². The number of unbranched alkanes of at least 4 members (excludes halogenated alkanes) is 2.